The quantitative estimate of drug-likeness (QED) is 0.766. The molecule has 1 heterocycles. The van der Waals surface area contributed by atoms with E-state index in [2.05, 4.69) is 0 Å². The topological polar surface area (TPSA) is 37.4 Å². The molecule has 0 radical (unpaired) electrons. The first-order chi connectivity index (χ1) is 9.43. The molecule has 0 spiro atoms. The summed E-state index contributed by atoms with van der Waals surface area (Å²) >= 11 is 12.8. The maximum Gasteiger partial charge on any atom is 0.252 e. The Hall–Kier alpha value is -0.590. The van der Waals surface area contributed by atoms with Crippen LogP contribution in [0.2, 0.25) is 5.02 Å². The number of hydrogen-bond acceptors (Lipinski definition) is 3. The summed E-state index contributed by atoms with van der Waals surface area (Å²) in [6.07, 6.45) is 0. The zero-order valence-electron chi connectivity index (χ0n) is 10.7. The van der Waals surface area contributed by atoms with Gasteiger partial charge in [0.2, 0.25) is 0 Å². The molecule has 0 N–H and O–H groups in total. The lowest BCUT2D eigenvalue weighted by molar-refractivity contribution is 0.468. The molecule has 2 aromatic rings. The van der Waals surface area contributed by atoms with E-state index in [0.717, 1.165) is 11.1 Å². The summed E-state index contributed by atoms with van der Waals surface area (Å²) < 4.78 is 26.4. The Morgan fingerprint density at radius 3 is 2.60 bits per heavy atom. The Balaban J connectivity index is 2.21. The van der Waals surface area contributed by atoms with Crippen LogP contribution in [0.1, 0.15) is 11.1 Å². The average Bonchev–Trinajstić information content (AvgIpc) is 2.88. The highest BCUT2D eigenvalue weighted by molar-refractivity contribution is 7.91. The molecule has 2 rings (SSSR count). The lowest BCUT2D eigenvalue weighted by Crippen LogP contribution is -2.25. The van der Waals surface area contributed by atoms with Gasteiger partial charge in [0.1, 0.15) is 4.21 Å². The molecule has 0 bridgehead atoms. The molecule has 0 fully saturated rings. The predicted octanol–water partition coefficient (Wildman–Crippen LogP) is 3.96. The second-order valence-corrected chi connectivity index (χ2v) is 8.19. The summed E-state index contributed by atoms with van der Waals surface area (Å²) in [5.74, 6) is 0.310. The minimum Gasteiger partial charge on any atom is -0.206 e. The molecule has 1 aromatic carbocycles. The third-order valence-corrected chi connectivity index (χ3v) is 6.55. The van der Waals surface area contributed by atoms with E-state index >= 15 is 0 Å². The standard InChI is InChI=1S/C13H13Cl2NO2S2/c1-16(8-10-3-2-4-12(15)5-10)20(17,18)13-6-11(7-14)9-19-13/h2-6,9H,7-8H2,1H3. The third-order valence-electron chi connectivity index (χ3n) is 2.74. The lowest BCUT2D eigenvalue weighted by atomic mass is 10.2. The van der Waals surface area contributed by atoms with Gasteiger partial charge >= 0.3 is 0 Å². The van der Waals surface area contributed by atoms with E-state index in [1.807, 2.05) is 6.07 Å². The van der Waals surface area contributed by atoms with Gasteiger partial charge in [-0.25, -0.2) is 8.42 Å². The lowest BCUT2D eigenvalue weighted by Gasteiger charge is -2.16. The smallest absolute Gasteiger partial charge is 0.206 e. The fourth-order valence-electron chi connectivity index (χ4n) is 1.69. The largest absolute Gasteiger partial charge is 0.252 e. The first-order valence-electron chi connectivity index (χ1n) is 5.77. The Morgan fingerprint density at radius 1 is 1.25 bits per heavy atom. The zero-order chi connectivity index (χ0) is 14.8. The van der Waals surface area contributed by atoms with Crippen LogP contribution in [0.4, 0.5) is 0 Å². The molecular weight excluding hydrogens is 337 g/mol. The van der Waals surface area contributed by atoms with E-state index in [-0.39, 0.29) is 6.54 Å². The summed E-state index contributed by atoms with van der Waals surface area (Å²) in [5, 5.41) is 2.35. The molecule has 0 aliphatic carbocycles. The van der Waals surface area contributed by atoms with Crippen LogP contribution in [-0.2, 0) is 22.4 Å². The molecule has 3 nitrogen and oxygen atoms in total. The zero-order valence-corrected chi connectivity index (χ0v) is 13.9. The summed E-state index contributed by atoms with van der Waals surface area (Å²) in [6.45, 7) is 0.275. The van der Waals surface area contributed by atoms with Crippen molar-refractivity contribution in [3.63, 3.8) is 0 Å². The van der Waals surface area contributed by atoms with Crippen molar-refractivity contribution in [2.45, 2.75) is 16.6 Å². The maximum absolute atomic E-state index is 12.4. The minimum atomic E-state index is -3.49. The van der Waals surface area contributed by atoms with Crippen LogP contribution >= 0.6 is 34.5 Å². The fraction of sp³-hybridized carbons (Fsp3) is 0.231. The van der Waals surface area contributed by atoms with Crippen molar-refractivity contribution in [2.75, 3.05) is 7.05 Å². The van der Waals surface area contributed by atoms with Crippen LogP contribution in [0.3, 0.4) is 0 Å². The van der Waals surface area contributed by atoms with Gasteiger partial charge in [-0.1, -0.05) is 23.7 Å². The van der Waals surface area contributed by atoms with Gasteiger partial charge in [-0.05, 0) is 34.7 Å². The van der Waals surface area contributed by atoms with E-state index in [9.17, 15) is 8.42 Å². The van der Waals surface area contributed by atoms with Crippen molar-refractivity contribution in [3.05, 3.63) is 51.9 Å². The highest BCUT2D eigenvalue weighted by Gasteiger charge is 2.22. The van der Waals surface area contributed by atoms with Gasteiger partial charge in [0, 0.05) is 24.5 Å². The maximum atomic E-state index is 12.4. The van der Waals surface area contributed by atoms with Crippen molar-refractivity contribution in [1.82, 2.24) is 4.31 Å². The molecule has 0 unspecified atom stereocenters. The van der Waals surface area contributed by atoms with E-state index in [1.54, 1.807) is 36.7 Å². The van der Waals surface area contributed by atoms with Gasteiger partial charge < -0.3 is 0 Å². The predicted molar refractivity (Wildman–Crippen MR) is 84.0 cm³/mol. The SMILES string of the molecule is CN(Cc1cccc(Cl)c1)S(=O)(=O)c1cc(CCl)cs1. The van der Waals surface area contributed by atoms with Crippen molar-refractivity contribution in [2.24, 2.45) is 0 Å². The Labute approximate surface area is 132 Å². The highest BCUT2D eigenvalue weighted by atomic mass is 35.5. The van der Waals surface area contributed by atoms with E-state index in [0.29, 0.717) is 15.1 Å². The van der Waals surface area contributed by atoms with Gasteiger partial charge in [-0.2, -0.15) is 4.31 Å². The van der Waals surface area contributed by atoms with Crippen LogP contribution in [-0.4, -0.2) is 19.8 Å². The van der Waals surface area contributed by atoms with Crippen LogP contribution in [0, 0.1) is 0 Å². The molecule has 20 heavy (non-hydrogen) atoms. The number of rotatable bonds is 5. The van der Waals surface area contributed by atoms with Gasteiger partial charge in [0.15, 0.2) is 0 Å². The second-order valence-electron chi connectivity index (χ2n) is 4.30. The van der Waals surface area contributed by atoms with Gasteiger partial charge in [-0.3, -0.25) is 0 Å². The van der Waals surface area contributed by atoms with Crippen molar-refractivity contribution in [3.8, 4) is 0 Å². The number of alkyl halides is 1. The van der Waals surface area contributed by atoms with Crippen LogP contribution in [0.15, 0.2) is 39.9 Å². The molecular formula is C13H13Cl2NO2S2. The molecule has 1 aromatic heterocycles. The number of thiophene rings is 1. The third kappa shape index (κ3) is 3.54. The van der Waals surface area contributed by atoms with Crippen molar-refractivity contribution < 1.29 is 8.42 Å². The summed E-state index contributed by atoms with van der Waals surface area (Å²) in [5.41, 5.74) is 1.66. The minimum absolute atomic E-state index is 0.275. The Kier molecular flexibility index (Phi) is 5.09. The number of nitrogens with zero attached hydrogens (tertiary/aromatic N) is 1. The monoisotopic (exact) mass is 349 g/mol. The molecule has 0 aliphatic heterocycles. The van der Waals surface area contributed by atoms with Gasteiger partial charge in [-0.15, -0.1) is 22.9 Å². The molecule has 0 saturated carbocycles. The number of sulfonamides is 1. The van der Waals surface area contributed by atoms with Crippen molar-refractivity contribution >= 4 is 44.6 Å². The second kappa shape index (κ2) is 6.45. The van der Waals surface area contributed by atoms with Gasteiger partial charge in [0.25, 0.3) is 10.0 Å². The van der Waals surface area contributed by atoms with E-state index in [1.165, 1.54) is 15.6 Å². The van der Waals surface area contributed by atoms with Crippen molar-refractivity contribution in [1.29, 1.82) is 0 Å². The van der Waals surface area contributed by atoms with Crippen LogP contribution < -0.4 is 0 Å². The summed E-state index contributed by atoms with van der Waals surface area (Å²) in [7, 11) is -1.94. The van der Waals surface area contributed by atoms with Gasteiger partial charge in [0.05, 0.1) is 0 Å². The normalized spacial score (nSPS) is 12.0. The molecule has 0 atom stereocenters. The highest BCUT2D eigenvalue weighted by Crippen LogP contribution is 2.25. The summed E-state index contributed by atoms with van der Waals surface area (Å²) in [6, 6.07) is 8.77. The number of hydrogen-bond donors (Lipinski definition) is 0. The molecule has 7 heteroatoms. The van der Waals surface area contributed by atoms with E-state index < -0.39 is 10.0 Å². The molecule has 0 saturated heterocycles. The van der Waals surface area contributed by atoms with E-state index in [4.69, 9.17) is 23.2 Å². The molecule has 0 amide bonds. The number of halogens is 2. The first kappa shape index (κ1) is 15.8. The van der Waals surface area contributed by atoms with Crippen LogP contribution in [0.25, 0.3) is 0 Å². The first-order valence-corrected chi connectivity index (χ1v) is 9.01. The Bertz CT molecular complexity index is 698. The summed E-state index contributed by atoms with van der Waals surface area (Å²) in [4.78, 5) is 0. The fourth-order valence-corrected chi connectivity index (χ4v) is 4.73. The molecule has 0 aliphatic rings. The molecule has 108 valence electrons. The average molecular weight is 350 g/mol. The van der Waals surface area contributed by atoms with Crippen LogP contribution in [0.5, 0.6) is 0 Å². The number of benzene rings is 1. The Morgan fingerprint density at radius 2 is 2.00 bits per heavy atom.